The second-order valence-electron chi connectivity index (χ2n) is 6.36. The number of hydrogen-bond acceptors (Lipinski definition) is 5. The Hall–Kier alpha value is -2.30. The zero-order valence-electron chi connectivity index (χ0n) is 14.1. The van der Waals surface area contributed by atoms with Crippen LogP contribution in [0.2, 0.25) is 0 Å². The van der Waals surface area contributed by atoms with Crippen molar-refractivity contribution in [2.45, 2.75) is 33.1 Å². The minimum absolute atomic E-state index is 0.145. The number of ether oxygens (including phenoxy) is 1. The number of nitrogens with zero attached hydrogens (tertiary/aromatic N) is 3. The Bertz CT molecular complexity index is 660. The van der Waals surface area contributed by atoms with Gasteiger partial charge in [-0.25, -0.2) is 9.97 Å². The van der Waals surface area contributed by atoms with E-state index in [2.05, 4.69) is 30.7 Å². The lowest BCUT2D eigenvalue weighted by molar-refractivity contribution is 0.415. The van der Waals surface area contributed by atoms with Crippen LogP contribution in [0.3, 0.4) is 0 Å². The number of benzene rings is 1. The summed E-state index contributed by atoms with van der Waals surface area (Å²) >= 11 is 0. The zero-order chi connectivity index (χ0) is 16.5. The Balaban J connectivity index is 2.54. The van der Waals surface area contributed by atoms with E-state index in [9.17, 15) is 0 Å². The van der Waals surface area contributed by atoms with Crippen molar-refractivity contribution in [2.24, 2.45) is 0 Å². The van der Waals surface area contributed by atoms with Crippen LogP contribution in [0.1, 0.15) is 32.2 Å². The van der Waals surface area contributed by atoms with Gasteiger partial charge in [-0.2, -0.15) is 0 Å². The summed E-state index contributed by atoms with van der Waals surface area (Å²) in [4.78, 5) is 11.0. The monoisotopic (exact) mass is 300 g/mol. The van der Waals surface area contributed by atoms with Gasteiger partial charge < -0.3 is 15.4 Å². The average Bonchev–Trinajstić information content (AvgIpc) is 2.44. The van der Waals surface area contributed by atoms with E-state index >= 15 is 0 Å². The number of anilines is 3. The fourth-order valence-electron chi connectivity index (χ4n) is 2.47. The summed E-state index contributed by atoms with van der Waals surface area (Å²) in [6, 6.07) is 7.86. The lowest BCUT2D eigenvalue weighted by Gasteiger charge is -2.29. The normalized spacial score (nSPS) is 11.4. The molecule has 1 heterocycles. The average molecular weight is 300 g/mol. The van der Waals surface area contributed by atoms with E-state index in [-0.39, 0.29) is 5.41 Å². The van der Waals surface area contributed by atoms with Crippen molar-refractivity contribution in [1.29, 1.82) is 0 Å². The zero-order valence-corrected chi connectivity index (χ0v) is 14.1. The van der Waals surface area contributed by atoms with E-state index in [1.807, 2.05) is 43.1 Å². The summed E-state index contributed by atoms with van der Waals surface area (Å²) in [7, 11) is 3.64. The Labute approximate surface area is 132 Å². The first-order valence-corrected chi connectivity index (χ1v) is 7.26. The van der Waals surface area contributed by atoms with Crippen molar-refractivity contribution in [2.75, 3.05) is 24.8 Å². The van der Waals surface area contributed by atoms with Crippen LogP contribution in [0.25, 0.3) is 0 Å². The quantitative estimate of drug-likeness (QED) is 0.940. The molecule has 0 aliphatic carbocycles. The van der Waals surface area contributed by atoms with Crippen LogP contribution < -0.4 is 15.4 Å². The topological polar surface area (TPSA) is 64.3 Å². The summed E-state index contributed by atoms with van der Waals surface area (Å²) in [5.41, 5.74) is 8.00. The van der Waals surface area contributed by atoms with Crippen molar-refractivity contribution in [1.82, 2.24) is 9.97 Å². The van der Waals surface area contributed by atoms with Crippen molar-refractivity contribution in [3.63, 3.8) is 0 Å². The second-order valence-corrected chi connectivity index (χ2v) is 6.36. The Morgan fingerprint density at radius 3 is 2.18 bits per heavy atom. The number of rotatable bonds is 3. The molecule has 0 aliphatic rings. The third-order valence-corrected chi connectivity index (χ3v) is 3.56. The van der Waals surface area contributed by atoms with Gasteiger partial charge in [0, 0.05) is 18.3 Å². The van der Waals surface area contributed by atoms with Gasteiger partial charge in [0.25, 0.3) is 0 Å². The maximum Gasteiger partial charge on any atom is 0.142 e. The third kappa shape index (κ3) is 3.13. The highest BCUT2D eigenvalue weighted by atomic mass is 16.5. The van der Waals surface area contributed by atoms with E-state index in [0.717, 1.165) is 22.8 Å². The summed E-state index contributed by atoms with van der Waals surface area (Å²) in [6.07, 6.45) is 0. The number of methoxy groups -OCH3 is 1. The van der Waals surface area contributed by atoms with E-state index in [4.69, 9.17) is 10.5 Å². The summed E-state index contributed by atoms with van der Waals surface area (Å²) < 4.78 is 5.21. The SMILES string of the molecule is COc1ccc(N(C)c2nc(C)nc(N)c2C(C)(C)C)cc1. The minimum Gasteiger partial charge on any atom is -0.497 e. The predicted molar refractivity (Wildman–Crippen MR) is 90.9 cm³/mol. The molecule has 0 radical (unpaired) electrons. The second kappa shape index (κ2) is 5.83. The number of aryl methyl sites for hydroxylation is 1. The van der Waals surface area contributed by atoms with Crippen LogP contribution in [0.5, 0.6) is 5.75 Å². The van der Waals surface area contributed by atoms with Crippen molar-refractivity contribution in [3.8, 4) is 5.75 Å². The number of nitrogens with two attached hydrogens (primary N) is 1. The van der Waals surface area contributed by atoms with Gasteiger partial charge in [-0.3, -0.25) is 0 Å². The Kier molecular flexibility index (Phi) is 4.26. The van der Waals surface area contributed by atoms with E-state index in [1.54, 1.807) is 7.11 Å². The molecular formula is C17H24N4O. The van der Waals surface area contributed by atoms with E-state index in [0.29, 0.717) is 11.6 Å². The van der Waals surface area contributed by atoms with Crippen LogP contribution in [-0.2, 0) is 5.41 Å². The maximum atomic E-state index is 6.17. The van der Waals surface area contributed by atoms with Crippen molar-refractivity contribution < 1.29 is 4.74 Å². The van der Waals surface area contributed by atoms with Crippen molar-refractivity contribution in [3.05, 3.63) is 35.7 Å². The molecule has 5 nitrogen and oxygen atoms in total. The molecule has 2 N–H and O–H groups in total. The molecule has 1 aromatic carbocycles. The minimum atomic E-state index is -0.145. The standard InChI is InChI=1S/C17H24N4O/c1-11-19-15(18)14(17(2,3)4)16(20-11)21(5)12-7-9-13(22-6)10-8-12/h7-10H,1-6H3,(H2,18,19,20). The molecule has 0 unspecified atom stereocenters. The van der Waals surface area contributed by atoms with Crippen LogP contribution in [-0.4, -0.2) is 24.1 Å². The van der Waals surface area contributed by atoms with Gasteiger partial charge in [0.1, 0.15) is 23.2 Å². The third-order valence-electron chi connectivity index (χ3n) is 3.56. The molecule has 0 atom stereocenters. The summed E-state index contributed by atoms with van der Waals surface area (Å²) in [5, 5.41) is 0. The molecular weight excluding hydrogens is 276 g/mol. The fourth-order valence-corrected chi connectivity index (χ4v) is 2.47. The molecule has 5 heteroatoms. The number of aromatic nitrogens is 2. The predicted octanol–water partition coefficient (Wildman–Crippen LogP) is 3.44. The maximum absolute atomic E-state index is 6.17. The first-order chi connectivity index (χ1) is 10.2. The van der Waals surface area contributed by atoms with Crippen LogP contribution >= 0.6 is 0 Å². The highest BCUT2D eigenvalue weighted by Crippen LogP contribution is 2.36. The van der Waals surface area contributed by atoms with Crippen LogP contribution in [0.4, 0.5) is 17.3 Å². The van der Waals surface area contributed by atoms with Gasteiger partial charge in [0.2, 0.25) is 0 Å². The molecule has 0 aliphatic heterocycles. The largest absolute Gasteiger partial charge is 0.497 e. The molecule has 0 saturated heterocycles. The molecule has 2 aromatic rings. The first kappa shape index (κ1) is 16.1. The molecule has 0 spiro atoms. The molecule has 22 heavy (non-hydrogen) atoms. The van der Waals surface area contributed by atoms with Gasteiger partial charge in [0.05, 0.1) is 7.11 Å². The van der Waals surface area contributed by atoms with Crippen LogP contribution in [0, 0.1) is 6.92 Å². The van der Waals surface area contributed by atoms with Crippen LogP contribution in [0.15, 0.2) is 24.3 Å². The Morgan fingerprint density at radius 2 is 1.68 bits per heavy atom. The van der Waals surface area contributed by atoms with Gasteiger partial charge in [-0.1, -0.05) is 20.8 Å². The lowest BCUT2D eigenvalue weighted by atomic mass is 9.87. The molecule has 0 amide bonds. The smallest absolute Gasteiger partial charge is 0.142 e. The highest BCUT2D eigenvalue weighted by Gasteiger charge is 2.26. The molecule has 2 rings (SSSR count). The van der Waals surface area contributed by atoms with Gasteiger partial charge in [-0.05, 0) is 36.6 Å². The fraction of sp³-hybridized carbons (Fsp3) is 0.412. The first-order valence-electron chi connectivity index (χ1n) is 7.26. The lowest BCUT2D eigenvalue weighted by Crippen LogP contribution is -2.23. The van der Waals surface area contributed by atoms with Crippen molar-refractivity contribution >= 4 is 17.3 Å². The van der Waals surface area contributed by atoms with Gasteiger partial charge >= 0.3 is 0 Å². The van der Waals surface area contributed by atoms with E-state index in [1.165, 1.54) is 0 Å². The molecule has 0 saturated carbocycles. The summed E-state index contributed by atoms with van der Waals surface area (Å²) in [6.45, 7) is 8.20. The Morgan fingerprint density at radius 1 is 1.09 bits per heavy atom. The molecule has 0 bridgehead atoms. The highest BCUT2D eigenvalue weighted by molar-refractivity contribution is 5.68. The molecule has 118 valence electrons. The van der Waals surface area contributed by atoms with Gasteiger partial charge in [0.15, 0.2) is 0 Å². The van der Waals surface area contributed by atoms with Gasteiger partial charge in [-0.15, -0.1) is 0 Å². The number of nitrogen functional groups attached to an aromatic ring is 1. The number of hydrogen-bond donors (Lipinski definition) is 1. The summed E-state index contributed by atoms with van der Waals surface area (Å²) in [5.74, 6) is 2.87. The molecule has 0 fully saturated rings. The van der Waals surface area contributed by atoms with E-state index < -0.39 is 0 Å². The molecule has 1 aromatic heterocycles.